The highest BCUT2D eigenvalue weighted by Crippen LogP contribution is 2.35. The molecule has 0 bridgehead atoms. The van der Waals surface area contributed by atoms with Crippen LogP contribution in [0.5, 0.6) is 0 Å². The second kappa shape index (κ2) is 6.96. The predicted octanol–water partition coefficient (Wildman–Crippen LogP) is 2.77. The SMILES string of the molecule is O=C(CC1OCc2cc(Cl)ccc21)N1CCC(C(=O)N2CCCC2)C1. The molecule has 25 heavy (non-hydrogen) atoms. The zero-order valence-corrected chi connectivity index (χ0v) is 15.0. The van der Waals surface area contributed by atoms with Crippen LogP contribution in [0.1, 0.15) is 42.9 Å². The Morgan fingerprint density at radius 2 is 1.96 bits per heavy atom. The van der Waals surface area contributed by atoms with Gasteiger partial charge in [0.2, 0.25) is 11.8 Å². The molecular formula is C19H23ClN2O3. The fourth-order valence-electron chi connectivity index (χ4n) is 4.13. The van der Waals surface area contributed by atoms with Crippen molar-refractivity contribution in [3.63, 3.8) is 0 Å². The average Bonchev–Trinajstić information content (AvgIpc) is 3.35. The fraction of sp³-hybridized carbons (Fsp3) is 0.579. The lowest BCUT2D eigenvalue weighted by atomic mass is 10.0. The maximum Gasteiger partial charge on any atom is 0.227 e. The number of ether oxygens (including phenoxy) is 1. The van der Waals surface area contributed by atoms with Crippen molar-refractivity contribution in [2.75, 3.05) is 26.2 Å². The van der Waals surface area contributed by atoms with Gasteiger partial charge < -0.3 is 14.5 Å². The summed E-state index contributed by atoms with van der Waals surface area (Å²) >= 11 is 6.01. The van der Waals surface area contributed by atoms with Crippen molar-refractivity contribution in [2.24, 2.45) is 5.92 Å². The molecule has 2 fully saturated rings. The third-order valence-electron chi connectivity index (χ3n) is 5.56. The lowest BCUT2D eigenvalue weighted by Gasteiger charge is -2.21. The Morgan fingerprint density at radius 3 is 2.76 bits per heavy atom. The predicted molar refractivity (Wildman–Crippen MR) is 94.1 cm³/mol. The number of halogens is 1. The summed E-state index contributed by atoms with van der Waals surface area (Å²) in [5, 5.41) is 0.692. The Bertz CT molecular complexity index is 687. The van der Waals surface area contributed by atoms with Crippen molar-refractivity contribution in [1.29, 1.82) is 0 Å². The van der Waals surface area contributed by atoms with E-state index in [0.29, 0.717) is 31.1 Å². The number of hydrogen-bond donors (Lipinski definition) is 0. The molecule has 2 amide bonds. The minimum absolute atomic E-state index is 0.0300. The van der Waals surface area contributed by atoms with Crippen molar-refractivity contribution in [1.82, 2.24) is 9.80 Å². The van der Waals surface area contributed by atoms with Gasteiger partial charge in [-0.1, -0.05) is 17.7 Å². The van der Waals surface area contributed by atoms with Gasteiger partial charge in [0.1, 0.15) is 0 Å². The van der Waals surface area contributed by atoms with Crippen LogP contribution < -0.4 is 0 Å². The number of benzene rings is 1. The molecule has 0 N–H and O–H groups in total. The van der Waals surface area contributed by atoms with E-state index in [-0.39, 0.29) is 23.8 Å². The lowest BCUT2D eigenvalue weighted by molar-refractivity contribution is -0.135. The highest BCUT2D eigenvalue weighted by atomic mass is 35.5. The van der Waals surface area contributed by atoms with Crippen LogP contribution in [0.4, 0.5) is 0 Å². The van der Waals surface area contributed by atoms with Gasteiger partial charge in [-0.3, -0.25) is 9.59 Å². The van der Waals surface area contributed by atoms with E-state index in [2.05, 4.69) is 0 Å². The molecule has 0 radical (unpaired) electrons. The van der Waals surface area contributed by atoms with E-state index >= 15 is 0 Å². The summed E-state index contributed by atoms with van der Waals surface area (Å²) in [7, 11) is 0. The number of nitrogens with zero attached hydrogens (tertiary/aromatic N) is 2. The Balaban J connectivity index is 1.35. The van der Waals surface area contributed by atoms with Crippen molar-refractivity contribution >= 4 is 23.4 Å². The first-order valence-corrected chi connectivity index (χ1v) is 9.46. The fourth-order valence-corrected chi connectivity index (χ4v) is 4.33. The zero-order chi connectivity index (χ0) is 17.4. The third-order valence-corrected chi connectivity index (χ3v) is 5.79. The minimum Gasteiger partial charge on any atom is -0.368 e. The summed E-state index contributed by atoms with van der Waals surface area (Å²) in [5.74, 6) is 0.270. The number of amides is 2. The standard InChI is InChI=1S/C19H23ClN2O3/c20-15-3-4-16-14(9-15)12-25-17(16)10-18(23)22-8-5-13(11-22)19(24)21-6-1-2-7-21/h3-4,9,13,17H,1-2,5-8,10-12H2. The maximum atomic E-state index is 12.7. The van der Waals surface area contributed by atoms with Crippen molar-refractivity contribution in [3.8, 4) is 0 Å². The van der Waals surface area contributed by atoms with Crippen LogP contribution in [-0.2, 0) is 20.9 Å². The monoisotopic (exact) mass is 362 g/mol. The quantitative estimate of drug-likeness (QED) is 0.830. The number of likely N-dealkylation sites (tertiary alicyclic amines) is 2. The first kappa shape index (κ1) is 16.9. The molecule has 1 aromatic carbocycles. The van der Waals surface area contributed by atoms with Gasteiger partial charge in [-0.2, -0.15) is 0 Å². The molecule has 3 aliphatic rings. The van der Waals surface area contributed by atoms with E-state index in [4.69, 9.17) is 16.3 Å². The molecule has 4 rings (SSSR count). The van der Waals surface area contributed by atoms with Crippen LogP contribution in [0, 0.1) is 5.92 Å². The van der Waals surface area contributed by atoms with Crippen LogP contribution in [-0.4, -0.2) is 47.8 Å². The Kier molecular flexibility index (Phi) is 4.69. The number of fused-ring (bicyclic) bond motifs is 1. The van der Waals surface area contributed by atoms with Gasteiger partial charge in [-0.15, -0.1) is 0 Å². The molecule has 0 saturated carbocycles. The van der Waals surface area contributed by atoms with Crippen LogP contribution in [0.15, 0.2) is 18.2 Å². The first-order valence-electron chi connectivity index (χ1n) is 9.08. The topological polar surface area (TPSA) is 49.9 Å². The summed E-state index contributed by atoms with van der Waals surface area (Å²) in [5.41, 5.74) is 2.12. The maximum absolute atomic E-state index is 12.7. The molecule has 1 aromatic rings. The molecule has 134 valence electrons. The molecular weight excluding hydrogens is 340 g/mol. The second-order valence-electron chi connectivity index (χ2n) is 7.20. The van der Waals surface area contributed by atoms with Gasteiger partial charge in [-0.05, 0) is 42.5 Å². The number of carbonyl (C=O) groups is 2. The lowest BCUT2D eigenvalue weighted by Crippen LogP contribution is -2.36. The highest BCUT2D eigenvalue weighted by molar-refractivity contribution is 6.30. The molecule has 0 aromatic heterocycles. The molecule has 2 unspecified atom stereocenters. The molecule has 3 heterocycles. The summed E-state index contributed by atoms with van der Waals surface area (Å²) < 4.78 is 5.78. The molecule has 2 saturated heterocycles. The van der Waals surface area contributed by atoms with Crippen LogP contribution in [0.25, 0.3) is 0 Å². The van der Waals surface area contributed by atoms with Gasteiger partial charge in [-0.25, -0.2) is 0 Å². The van der Waals surface area contributed by atoms with Crippen LogP contribution in [0.2, 0.25) is 5.02 Å². The smallest absolute Gasteiger partial charge is 0.227 e. The molecule has 2 atom stereocenters. The Morgan fingerprint density at radius 1 is 1.16 bits per heavy atom. The zero-order valence-electron chi connectivity index (χ0n) is 14.2. The number of hydrogen-bond acceptors (Lipinski definition) is 3. The summed E-state index contributed by atoms with van der Waals surface area (Å²) in [6, 6.07) is 5.70. The third kappa shape index (κ3) is 3.40. The van der Waals surface area contributed by atoms with Crippen LogP contribution in [0.3, 0.4) is 0 Å². The van der Waals surface area contributed by atoms with Crippen molar-refractivity contribution in [2.45, 2.75) is 38.4 Å². The van der Waals surface area contributed by atoms with E-state index in [1.54, 1.807) is 0 Å². The van der Waals surface area contributed by atoms with Crippen LogP contribution >= 0.6 is 11.6 Å². The van der Waals surface area contributed by atoms with Crippen molar-refractivity contribution < 1.29 is 14.3 Å². The average molecular weight is 363 g/mol. The summed E-state index contributed by atoms with van der Waals surface area (Å²) in [6.07, 6.45) is 3.11. The second-order valence-corrected chi connectivity index (χ2v) is 7.64. The van der Waals surface area contributed by atoms with E-state index in [1.165, 1.54) is 0 Å². The Hall–Kier alpha value is -1.59. The largest absolute Gasteiger partial charge is 0.368 e. The van der Waals surface area contributed by atoms with Gasteiger partial charge in [0.05, 0.1) is 25.0 Å². The van der Waals surface area contributed by atoms with E-state index < -0.39 is 0 Å². The molecule has 0 aliphatic carbocycles. The molecule has 5 nitrogen and oxygen atoms in total. The molecule has 6 heteroatoms. The minimum atomic E-state index is -0.201. The number of carbonyl (C=O) groups excluding carboxylic acids is 2. The normalized spacial score (nSPS) is 25.5. The van der Waals surface area contributed by atoms with Gasteiger partial charge >= 0.3 is 0 Å². The van der Waals surface area contributed by atoms with E-state index in [1.807, 2.05) is 28.0 Å². The first-order chi connectivity index (χ1) is 12.1. The summed E-state index contributed by atoms with van der Waals surface area (Å²) in [4.78, 5) is 29.0. The van der Waals surface area contributed by atoms with E-state index in [0.717, 1.165) is 43.5 Å². The number of rotatable bonds is 3. The van der Waals surface area contributed by atoms with E-state index in [9.17, 15) is 9.59 Å². The summed E-state index contributed by atoms with van der Waals surface area (Å²) in [6.45, 7) is 3.47. The van der Waals surface area contributed by atoms with Crippen molar-refractivity contribution in [3.05, 3.63) is 34.3 Å². The molecule has 0 spiro atoms. The van der Waals surface area contributed by atoms with Gasteiger partial charge in [0, 0.05) is 31.2 Å². The van der Waals surface area contributed by atoms with Gasteiger partial charge in [0.15, 0.2) is 0 Å². The highest BCUT2D eigenvalue weighted by Gasteiger charge is 2.36. The van der Waals surface area contributed by atoms with Gasteiger partial charge in [0.25, 0.3) is 0 Å². The Labute approximate surface area is 152 Å². The molecule has 3 aliphatic heterocycles.